The van der Waals surface area contributed by atoms with Crippen LogP contribution in [0.15, 0.2) is 46.5 Å². The number of carbonyl (C=O) groups is 1. The molecule has 1 N–H and O–H groups in total. The molecule has 25 heavy (non-hydrogen) atoms. The van der Waals surface area contributed by atoms with E-state index in [-0.39, 0.29) is 11.9 Å². The van der Waals surface area contributed by atoms with Crippen LogP contribution in [-0.4, -0.2) is 36.4 Å². The second kappa shape index (κ2) is 8.10. The molecular formula is C18H18ClN3OS2. The quantitative estimate of drug-likeness (QED) is 0.670. The fourth-order valence-corrected chi connectivity index (χ4v) is 4.09. The molecule has 0 aliphatic carbocycles. The molecule has 1 unspecified atom stereocenters. The second-order valence-corrected chi connectivity index (χ2v) is 7.87. The summed E-state index contributed by atoms with van der Waals surface area (Å²) >= 11 is 9.02. The minimum absolute atomic E-state index is 0.143. The first kappa shape index (κ1) is 18.1. The van der Waals surface area contributed by atoms with Crippen LogP contribution in [0, 0.1) is 0 Å². The molecule has 2 heterocycles. The zero-order valence-corrected chi connectivity index (χ0v) is 16.3. The summed E-state index contributed by atoms with van der Waals surface area (Å²) < 4.78 is 0. The van der Waals surface area contributed by atoms with Crippen LogP contribution < -0.4 is 5.32 Å². The Morgan fingerprint density at radius 2 is 2.00 bits per heavy atom. The highest BCUT2D eigenvalue weighted by Gasteiger charge is 2.17. The van der Waals surface area contributed by atoms with Crippen molar-refractivity contribution in [2.75, 3.05) is 20.6 Å². The lowest BCUT2D eigenvalue weighted by molar-refractivity contribution is 0.0937. The van der Waals surface area contributed by atoms with Gasteiger partial charge in [-0.25, -0.2) is 4.98 Å². The largest absolute Gasteiger partial charge is 0.349 e. The fraction of sp³-hybridized carbons (Fsp3) is 0.222. The van der Waals surface area contributed by atoms with Gasteiger partial charge >= 0.3 is 0 Å². The number of likely N-dealkylation sites (N-methyl/N-ethyl adjacent to an activating group) is 1. The minimum Gasteiger partial charge on any atom is -0.349 e. The van der Waals surface area contributed by atoms with Gasteiger partial charge in [-0.05, 0) is 48.6 Å². The van der Waals surface area contributed by atoms with Gasteiger partial charge in [-0.1, -0.05) is 23.7 Å². The van der Waals surface area contributed by atoms with E-state index in [0.717, 1.165) is 10.6 Å². The molecule has 130 valence electrons. The van der Waals surface area contributed by atoms with Gasteiger partial charge < -0.3 is 10.2 Å². The molecule has 0 aliphatic heterocycles. The molecule has 7 heteroatoms. The Labute approximate surface area is 160 Å². The topological polar surface area (TPSA) is 45.2 Å². The molecule has 0 saturated heterocycles. The van der Waals surface area contributed by atoms with E-state index in [4.69, 9.17) is 11.6 Å². The Morgan fingerprint density at radius 3 is 2.64 bits per heavy atom. The van der Waals surface area contributed by atoms with Crippen LogP contribution in [0.4, 0.5) is 0 Å². The summed E-state index contributed by atoms with van der Waals surface area (Å²) in [5.74, 6) is -0.154. The first-order valence-electron chi connectivity index (χ1n) is 7.73. The maximum Gasteiger partial charge on any atom is 0.270 e. The van der Waals surface area contributed by atoms with E-state index in [1.54, 1.807) is 16.7 Å². The molecule has 0 bridgehead atoms. The zero-order valence-electron chi connectivity index (χ0n) is 13.9. The summed E-state index contributed by atoms with van der Waals surface area (Å²) in [6.45, 7) is 0.538. The van der Waals surface area contributed by atoms with Gasteiger partial charge in [0.1, 0.15) is 10.7 Å². The summed E-state index contributed by atoms with van der Waals surface area (Å²) in [5, 5.41) is 10.4. The average Bonchev–Trinajstić information content (AvgIpc) is 3.27. The van der Waals surface area contributed by atoms with Gasteiger partial charge in [0.25, 0.3) is 5.91 Å². The van der Waals surface area contributed by atoms with Gasteiger partial charge in [0.15, 0.2) is 0 Å². The third kappa shape index (κ3) is 4.46. The average molecular weight is 392 g/mol. The van der Waals surface area contributed by atoms with Gasteiger partial charge in [0.2, 0.25) is 0 Å². The molecule has 1 amide bonds. The normalized spacial score (nSPS) is 12.3. The first-order valence-corrected chi connectivity index (χ1v) is 9.93. The van der Waals surface area contributed by atoms with E-state index in [1.165, 1.54) is 16.9 Å². The molecule has 1 aromatic carbocycles. The number of thiophene rings is 1. The van der Waals surface area contributed by atoms with Crippen molar-refractivity contribution in [2.45, 2.75) is 6.04 Å². The Kier molecular flexibility index (Phi) is 5.86. The van der Waals surface area contributed by atoms with Crippen molar-refractivity contribution in [2.24, 2.45) is 0 Å². The maximum absolute atomic E-state index is 12.4. The lowest BCUT2D eigenvalue weighted by Crippen LogP contribution is -2.34. The van der Waals surface area contributed by atoms with Gasteiger partial charge in [0, 0.05) is 22.5 Å². The Balaban J connectivity index is 1.66. The van der Waals surface area contributed by atoms with Crippen molar-refractivity contribution < 1.29 is 4.79 Å². The summed E-state index contributed by atoms with van der Waals surface area (Å²) in [6.07, 6.45) is 0. The lowest BCUT2D eigenvalue weighted by Gasteiger charge is -2.23. The zero-order chi connectivity index (χ0) is 17.8. The van der Waals surface area contributed by atoms with E-state index >= 15 is 0 Å². The molecule has 3 rings (SSSR count). The van der Waals surface area contributed by atoms with Crippen molar-refractivity contribution in [1.82, 2.24) is 15.2 Å². The molecule has 0 fully saturated rings. The van der Waals surface area contributed by atoms with Gasteiger partial charge in [-0.2, -0.15) is 11.3 Å². The van der Waals surface area contributed by atoms with Crippen LogP contribution in [0.25, 0.3) is 10.6 Å². The Hall–Kier alpha value is -1.73. The van der Waals surface area contributed by atoms with Crippen LogP contribution in [0.2, 0.25) is 5.02 Å². The Bertz CT molecular complexity index is 828. The van der Waals surface area contributed by atoms with E-state index in [2.05, 4.69) is 26.6 Å². The van der Waals surface area contributed by atoms with Crippen molar-refractivity contribution in [3.05, 3.63) is 62.8 Å². The number of aromatic nitrogens is 1. The highest BCUT2D eigenvalue weighted by Crippen LogP contribution is 2.25. The van der Waals surface area contributed by atoms with Crippen LogP contribution in [0.1, 0.15) is 22.1 Å². The predicted octanol–water partition coefficient (Wildman–Crippen LogP) is 4.56. The number of nitrogens with zero attached hydrogens (tertiary/aromatic N) is 2. The van der Waals surface area contributed by atoms with Crippen LogP contribution in [0.5, 0.6) is 0 Å². The summed E-state index contributed by atoms with van der Waals surface area (Å²) in [6, 6.07) is 9.68. The number of hydrogen-bond acceptors (Lipinski definition) is 5. The number of amides is 1. The summed E-state index contributed by atoms with van der Waals surface area (Å²) in [7, 11) is 4.02. The number of thiazole rings is 1. The molecular weight excluding hydrogens is 374 g/mol. The predicted molar refractivity (Wildman–Crippen MR) is 106 cm³/mol. The smallest absolute Gasteiger partial charge is 0.270 e. The number of nitrogens with one attached hydrogen (secondary N) is 1. The van der Waals surface area contributed by atoms with Crippen molar-refractivity contribution in [3.63, 3.8) is 0 Å². The van der Waals surface area contributed by atoms with Crippen molar-refractivity contribution >= 4 is 40.2 Å². The number of hydrogen-bond donors (Lipinski definition) is 1. The number of rotatable bonds is 6. The number of benzene rings is 1. The molecule has 0 spiro atoms. The molecule has 0 aliphatic rings. The monoisotopic (exact) mass is 391 g/mol. The molecule has 4 nitrogen and oxygen atoms in total. The first-order chi connectivity index (χ1) is 12.0. The minimum atomic E-state index is -0.154. The molecule has 2 aromatic heterocycles. The molecule has 1 atom stereocenters. The highest BCUT2D eigenvalue weighted by atomic mass is 35.5. The standard InChI is InChI=1S/C18H18ClN3OS2/c1-22(2)16(13-7-8-24-10-13)9-20-17(23)15-11-25-18(21-15)12-3-5-14(19)6-4-12/h3-8,10-11,16H,9H2,1-2H3,(H,20,23). The molecule has 0 radical (unpaired) electrons. The van der Waals surface area contributed by atoms with Gasteiger partial charge in [-0.15, -0.1) is 11.3 Å². The van der Waals surface area contributed by atoms with E-state index in [9.17, 15) is 4.79 Å². The Morgan fingerprint density at radius 1 is 1.24 bits per heavy atom. The SMILES string of the molecule is CN(C)C(CNC(=O)c1csc(-c2ccc(Cl)cc2)n1)c1ccsc1. The summed E-state index contributed by atoms with van der Waals surface area (Å²) in [4.78, 5) is 19.0. The third-order valence-electron chi connectivity index (χ3n) is 3.84. The van der Waals surface area contributed by atoms with Crippen LogP contribution in [0.3, 0.4) is 0 Å². The maximum atomic E-state index is 12.4. The molecule has 3 aromatic rings. The highest BCUT2D eigenvalue weighted by molar-refractivity contribution is 7.13. The van der Waals surface area contributed by atoms with Crippen molar-refractivity contribution in [1.29, 1.82) is 0 Å². The van der Waals surface area contributed by atoms with E-state index < -0.39 is 0 Å². The van der Waals surface area contributed by atoms with E-state index in [1.807, 2.05) is 43.7 Å². The molecule has 0 saturated carbocycles. The van der Waals surface area contributed by atoms with Gasteiger partial charge in [-0.3, -0.25) is 4.79 Å². The number of halogens is 1. The lowest BCUT2D eigenvalue weighted by atomic mass is 10.1. The summed E-state index contributed by atoms with van der Waals surface area (Å²) in [5.41, 5.74) is 2.60. The second-order valence-electron chi connectivity index (χ2n) is 5.79. The van der Waals surface area contributed by atoms with Crippen LogP contribution >= 0.6 is 34.3 Å². The van der Waals surface area contributed by atoms with E-state index in [0.29, 0.717) is 17.3 Å². The fourth-order valence-electron chi connectivity index (χ4n) is 2.45. The number of carbonyl (C=O) groups excluding carboxylic acids is 1. The van der Waals surface area contributed by atoms with Gasteiger partial charge in [0.05, 0.1) is 6.04 Å². The van der Waals surface area contributed by atoms with Crippen molar-refractivity contribution in [3.8, 4) is 10.6 Å². The van der Waals surface area contributed by atoms with Crippen LogP contribution in [-0.2, 0) is 0 Å². The third-order valence-corrected chi connectivity index (χ3v) is 5.68.